The second kappa shape index (κ2) is 10.9. The number of nitrogens with one attached hydrogen (secondary N) is 1. The van der Waals surface area contributed by atoms with Crippen molar-refractivity contribution in [2.45, 2.75) is 39.1 Å². The molecule has 0 amide bonds. The molecule has 0 aliphatic rings. The van der Waals surface area contributed by atoms with Gasteiger partial charge < -0.3 is 24.2 Å². The number of quaternary nitrogens is 1. The number of methoxy groups -OCH3 is 2. The Kier molecular flexibility index (Phi) is 8.58. The zero-order valence-electron chi connectivity index (χ0n) is 16.8. The number of aliphatic hydroxyl groups is 1. The van der Waals surface area contributed by atoms with Crippen LogP contribution in [0.5, 0.6) is 11.5 Å². The van der Waals surface area contributed by atoms with E-state index >= 15 is 0 Å². The van der Waals surface area contributed by atoms with E-state index in [1.807, 2.05) is 24.3 Å². The van der Waals surface area contributed by atoms with E-state index in [1.54, 1.807) is 14.2 Å². The summed E-state index contributed by atoms with van der Waals surface area (Å²) in [5.41, 5.74) is 2.26. The molecule has 2 atom stereocenters. The van der Waals surface area contributed by atoms with E-state index < -0.39 is 6.10 Å². The lowest BCUT2D eigenvalue weighted by atomic mass is 10.1. The van der Waals surface area contributed by atoms with Crippen LogP contribution in [-0.2, 0) is 17.9 Å². The molecule has 1 unspecified atom stereocenters. The van der Waals surface area contributed by atoms with E-state index in [0.717, 1.165) is 12.1 Å². The van der Waals surface area contributed by atoms with Crippen LogP contribution in [0.15, 0.2) is 48.5 Å². The zero-order valence-corrected chi connectivity index (χ0v) is 16.8. The lowest BCUT2D eigenvalue weighted by molar-refractivity contribution is -0.937. The van der Waals surface area contributed by atoms with Crippen molar-refractivity contribution in [3.05, 3.63) is 59.7 Å². The van der Waals surface area contributed by atoms with E-state index in [4.69, 9.17) is 14.2 Å². The van der Waals surface area contributed by atoms with Gasteiger partial charge in [0, 0.05) is 5.56 Å². The number of ether oxygens (including phenoxy) is 3. The van der Waals surface area contributed by atoms with Gasteiger partial charge in [0.25, 0.3) is 0 Å². The summed E-state index contributed by atoms with van der Waals surface area (Å²) in [5.74, 6) is 1.37. The van der Waals surface area contributed by atoms with Crippen molar-refractivity contribution in [2.75, 3.05) is 27.4 Å². The Morgan fingerprint density at radius 2 is 1.63 bits per heavy atom. The minimum Gasteiger partial charge on any atom is -0.493 e. The molecule has 0 spiro atoms. The van der Waals surface area contributed by atoms with Crippen molar-refractivity contribution in [3.8, 4) is 11.5 Å². The third-order valence-corrected chi connectivity index (χ3v) is 4.62. The summed E-state index contributed by atoms with van der Waals surface area (Å²) in [6.45, 7) is 6.63. The van der Waals surface area contributed by atoms with E-state index in [0.29, 0.717) is 37.3 Å². The monoisotopic (exact) mass is 374 g/mol. The maximum absolute atomic E-state index is 10.4. The average Bonchev–Trinajstić information content (AvgIpc) is 2.68. The summed E-state index contributed by atoms with van der Waals surface area (Å²) >= 11 is 0. The Bertz CT molecular complexity index is 675. The lowest BCUT2D eigenvalue weighted by Crippen LogP contribution is -3.14. The summed E-state index contributed by atoms with van der Waals surface area (Å²) in [6.07, 6.45) is -0.508. The average molecular weight is 375 g/mol. The highest BCUT2D eigenvalue weighted by atomic mass is 16.5. The molecule has 0 aliphatic carbocycles. The minimum atomic E-state index is -0.508. The smallest absolute Gasteiger partial charge is 0.161 e. The van der Waals surface area contributed by atoms with Crippen LogP contribution in [0.4, 0.5) is 0 Å². The Morgan fingerprint density at radius 3 is 2.26 bits per heavy atom. The molecule has 2 rings (SSSR count). The van der Waals surface area contributed by atoms with Crippen LogP contribution in [0.25, 0.3) is 0 Å². The van der Waals surface area contributed by atoms with E-state index in [-0.39, 0.29) is 0 Å². The fraction of sp³-hybridized carbons (Fsp3) is 0.455. The molecule has 0 bridgehead atoms. The lowest BCUT2D eigenvalue weighted by Gasteiger charge is -2.26. The second-order valence-corrected chi connectivity index (χ2v) is 7.04. The van der Waals surface area contributed by atoms with Gasteiger partial charge in [-0.2, -0.15) is 0 Å². The van der Waals surface area contributed by atoms with E-state index in [1.165, 1.54) is 10.5 Å². The van der Waals surface area contributed by atoms with Crippen LogP contribution in [0.3, 0.4) is 0 Å². The van der Waals surface area contributed by atoms with Crippen molar-refractivity contribution in [3.63, 3.8) is 0 Å². The highest BCUT2D eigenvalue weighted by Crippen LogP contribution is 2.27. The number of hydrogen-bond acceptors (Lipinski definition) is 4. The van der Waals surface area contributed by atoms with Crippen molar-refractivity contribution in [1.82, 2.24) is 0 Å². The molecule has 0 aliphatic heterocycles. The normalized spacial score (nSPS) is 13.4. The van der Waals surface area contributed by atoms with Crippen LogP contribution in [0, 0.1) is 0 Å². The zero-order chi connectivity index (χ0) is 19.6. The topological polar surface area (TPSA) is 52.4 Å². The molecule has 0 radical (unpaired) electrons. The van der Waals surface area contributed by atoms with Gasteiger partial charge in [-0.15, -0.1) is 0 Å². The molecule has 5 nitrogen and oxygen atoms in total. The van der Waals surface area contributed by atoms with Gasteiger partial charge in [-0.3, -0.25) is 0 Å². The second-order valence-electron chi connectivity index (χ2n) is 7.04. The standard InChI is InChI=1S/C22H31NO4/c1-17(2)23(13-18-8-6-5-7-9-18)14-20(24)16-27-15-19-10-11-21(25-3)22(12-19)26-4/h5-12,17,20,24H,13-16H2,1-4H3/p+1/t20-/m1/s1. The molecule has 0 aromatic heterocycles. The fourth-order valence-corrected chi connectivity index (χ4v) is 3.01. The molecule has 2 N–H and O–H groups in total. The maximum atomic E-state index is 10.4. The summed E-state index contributed by atoms with van der Waals surface area (Å²) in [4.78, 5) is 1.34. The Hall–Kier alpha value is -2.08. The summed E-state index contributed by atoms with van der Waals surface area (Å²) in [6, 6.07) is 16.5. The molecule has 148 valence electrons. The molecule has 0 heterocycles. The summed E-state index contributed by atoms with van der Waals surface area (Å²) in [7, 11) is 3.23. The van der Waals surface area contributed by atoms with Crippen LogP contribution >= 0.6 is 0 Å². The number of hydrogen-bond donors (Lipinski definition) is 2. The first kappa shape index (κ1) is 21.2. The Balaban J connectivity index is 1.82. The van der Waals surface area contributed by atoms with E-state index in [2.05, 4.69) is 38.1 Å². The summed E-state index contributed by atoms with van der Waals surface area (Å²) < 4.78 is 16.3. The van der Waals surface area contributed by atoms with Gasteiger partial charge in [0.15, 0.2) is 11.5 Å². The predicted molar refractivity (Wildman–Crippen MR) is 106 cm³/mol. The first-order chi connectivity index (χ1) is 13.0. The Labute approximate surface area is 162 Å². The van der Waals surface area contributed by atoms with Crippen LogP contribution in [0.2, 0.25) is 0 Å². The fourth-order valence-electron chi connectivity index (χ4n) is 3.01. The number of benzene rings is 2. The van der Waals surface area contributed by atoms with Gasteiger partial charge in [0.1, 0.15) is 19.2 Å². The molecular weight excluding hydrogens is 342 g/mol. The van der Waals surface area contributed by atoms with Gasteiger partial charge in [0.2, 0.25) is 0 Å². The SMILES string of the molecule is COc1ccc(COC[C@H](O)C[NH+](Cc2ccccc2)C(C)C)cc1OC. The largest absolute Gasteiger partial charge is 0.493 e. The maximum Gasteiger partial charge on any atom is 0.161 e. The van der Waals surface area contributed by atoms with Crippen molar-refractivity contribution in [2.24, 2.45) is 0 Å². The molecule has 27 heavy (non-hydrogen) atoms. The van der Waals surface area contributed by atoms with Crippen LogP contribution in [0.1, 0.15) is 25.0 Å². The van der Waals surface area contributed by atoms with Gasteiger partial charge in [-0.25, -0.2) is 0 Å². The molecule has 2 aromatic carbocycles. The van der Waals surface area contributed by atoms with Crippen molar-refractivity contribution >= 4 is 0 Å². The predicted octanol–water partition coefficient (Wildman–Crippen LogP) is 2.07. The van der Waals surface area contributed by atoms with Gasteiger partial charge >= 0.3 is 0 Å². The van der Waals surface area contributed by atoms with Crippen molar-refractivity contribution < 1.29 is 24.2 Å². The van der Waals surface area contributed by atoms with Gasteiger partial charge in [-0.1, -0.05) is 36.4 Å². The first-order valence-corrected chi connectivity index (χ1v) is 9.38. The van der Waals surface area contributed by atoms with Crippen molar-refractivity contribution in [1.29, 1.82) is 0 Å². The first-order valence-electron chi connectivity index (χ1n) is 9.38. The van der Waals surface area contributed by atoms with Gasteiger partial charge in [-0.05, 0) is 31.5 Å². The molecule has 5 heteroatoms. The third-order valence-electron chi connectivity index (χ3n) is 4.62. The minimum absolute atomic E-state index is 0.305. The molecule has 2 aromatic rings. The molecule has 0 fully saturated rings. The molecule has 0 saturated carbocycles. The quantitative estimate of drug-likeness (QED) is 0.632. The Morgan fingerprint density at radius 1 is 0.926 bits per heavy atom. The summed E-state index contributed by atoms with van der Waals surface area (Å²) in [5, 5.41) is 10.4. The molecule has 0 saturated heterocycles. The van der Waals surface area contributed by atoms with E-state index in [9.17, 15) is 5.11 Å². The number of rotatable bonds is 11. The van der Waals surface area contributed by atoms with Gasteiger partial charge in [0.05, 0.1) is 33.5 Å². The highest BCUT2D eigenvalue weighted by Gasteiger charge is 2.19. The van der Waals surface area contributed by atoms with Crippen LogP contribution in [-0.4, -0.2) is 44.6 Å². The third kappa shape index (κ3) is 6.86. The number of aliphatic hydroxyl groups excluding tert-OH is 1. The highest BCUT2D eigenvalue weighted by molar-refractivity contribution is 5.42. The van der Waals surface area contributed by atoms with Crippen LogP contribution < -0.4 is 14.4 Å². The molecular formula is C22H32NO4+.